The second-order valence-corrected chi connectivity index (χ2v) is 7.66. The Morgan fingerprint density at radius 1 is 1.29 bits per heavy atom. The molecule has 0 bridgehead atoms. The molecule has 0 aromatic carbocycles. The van der Waals surface area contributed by atoms with Gasteiger partial charge in [-0.15, -0.1) is 0 Å². The molecule has 1 aromatic rings. The van der Waals surface area contributed by atoms with Crippen LogP contribution in [0, 0.1) is 0 Å². The second-order valence-electron chi connectivity index (χ2n) is 7.25. The normalized spacial score (nSPS) is 16.9. The van der Waals surface area contributed by atoms with Crippen LogP contribution in [-0.2, 0) is 11.0 Å². The molecule has 1 amide bonds. The van der Waals surface area contributed by atoms with Crippen molar-refractivity contribution in [1.29, 1.82) is 0 Å². The van der Waals surface area contributed by atoms with E-state index in [2.05, 4.69) is 17.2 Å². The van der Waals surface area contributed by atoms with E-state index in [4.69, 9.17) is 11.6 Å². The van der Waals surface area contributed by atoms with E-state index in [0.29, 0.717) is 38.5 Å². The molecule has 0 aliphatic carbocycles. The molecular formula is C19H28ClF3N4O. The average molecular weight is 421 g/mol. The summed E-state index contributed by atoms with van der Waals surface area (Å²) >= 11 is 6.02. The smallest absolute Gasteiger partial charge is 0.353 e. The predicted octanol–water partition coefficient (Wildman–Crippen LogP) is 3.96. The molecule has 1 fully saturated rings. The minimum absolute atomic E-state index is 0.00290. The van der Waals surface area contributed by atoms with Crippen molar-refractivity contribution in [2.75, 3.05) is 37.6 Å². The van der Waals surface area contributed by atoms with Crippen LogP contribution in [0.15, 0.2) is 12.3 Å². The van der Waals surface area contributed by atoms with Crippen LogP contribution in [0.25, 0.3) is 0 Å². The summed E-state index contributed by atoms with van der Waals surface area (Å²) in [5, 5.41) is 3.01. The minimum atomic E-state index is -4.46. The standard InChI is InChI=1S/C19H28ClF3N4O/c1-3-4-5-6-14(2)25-17(28)13-26-7-9-27(10-8-26)18-16(20)11-15(12-24-18)19(21,22)23/h11-12,14H,3-10,13H2,1-2H3,(H,25,28)/t14-/m1/s1. The Balaban J connectivity index is 1.80. The Labute approximate surface area is 169 Å². The number of hydrogen-bond acceptors (Lipinski definition) is 4. The quantitative estimate of drug-likeness (QED) is 0.647. The van der Waals surface area contributed by atoms with E-state index in [1.165, 1.54) is 6.42 Å². The first-order chi connectivity index (χ1) is 13.2. The summed E-state index contributed by atoms with van der Waals surface area (Å²) in [6.45, 7) is 6.84. The molecule has 1 aromatic heterocycles. The monoisotopic (exact) mass is 420 g/mol. The molecule has 0 spiro atoms. The number of rotatable bonds is 8. The Bertz CT molecular complexity index is 649. The van der Waals surface area contributed by atoms with Gasteiger partial charge in [-0.2, -0.15) is 13.2 Å². The maximum absolute atomic E-state index is 12.7. The number of halogens is 4. The first kappa shape index (κ1) is 22.7. The van der Waals surface area contributed by atoms with Crippen LogP contribution in [0.1, 0.15) is 45.1 Å². The fraction of sp³-hybridized carbons (Fsp3) is 0.684. The molecule has 2 rings (SSSR count). The summed E-state index contributed by atoms with van der Waals surface area (Å²) in [5.74, 6) is 0.353. The number of nitrogens with zero attached hydrogens (tertiary/aromatic N) is 3. The summed E-state index contributed by atoms with van der Waals surface area (Å²) < 4.78 is 38.2. The number of nitrogens with one attached hydrogen (secondary N) is 1. The third kappa shape index (κ3) is 6.81. The zero-order chi connectivity index (χ0) is 20.7. The van der Waals surface area contributed by atoms with Gasteiger partial charge in [0, 0.05) is 38.4 Å². The Morgan fingerprint density at radius 2 is 1.96 bits per heavy atom. The van der Waals surface area contributed by atoms with Gasteiger partial charge in [0.05, 0.1) is 17.1 Å². The summed E-state index contributed by atoms with van der Waals surface area (Å²) in [6, 6.07) is 1.07. The molecule has 0 unspecified atom stereocenters. The highest BCUT2D eigenvalue weighted by atomic mass is 35.5. The Hall–Kier alpha value is -1.54. The van der Waals surface area contributed by atoms with Gasteiger partial charge in [-0.05, 0) is 19.4 Å². The van der Waals surface area contributed by atoms with E-state index in [-0.39, 0.29) is 17.0 Å². The number of aromatic nitrogens is 1. The molecule has 5 nitrogen and oxygen atoms in total. The number of anilines is 1. The minimum Gasteiger partial charge on any atom is -0.353 e. The largest absolute Gasteiger partial charge is 0.417 e. The van der Waals surface area contributed by atoms with Crippen molar-refractivity contribution in [2.45, 2.75) is 51.7 Å². The number of amides is 1. The van der Waals surface area contributed by atoms with Gasteiger partial charge in [0.15, 0.2) is 0 Å². The number of pyridine rings is 1. The maximum atomic E-state index is 12.7. The summed E-state index contributed by atoms with van der Waals surface area (Å²) in [5.41, 5.74) is -0.857. The molecule has 0 radical (unpaired) electrons. The Kier molecular flexibility index (Phi) is 8.37. The predicted molar refractivity (Wildman–Crippen MR) is 105 cm³/mol. The number of hydrogen-bond donors (Lipinski definition) is 1. The molecular weight excluding hydrogens is 393 g/mol. The lowest BCUT2D eigenvalue weighted by Gasteiger charge is -2.35. The maximum Gasteiger partial charge on any atom is 0.417 e. The van der Waals surface area contributed by atoms with Gasteiger partial charge >= 0.3 is 6.18 Å². The van der Waals surface area contributed by atoms with Crippen LogP contribution in [-0.4, -0.2) is 54.6 Å². The molecule has 158 valence electrons. The van der Waals surface area contributed by atoms with E-state index in [9.17, 15) is 18.0 Å². The Morgan fingerprint density at radius 3 is 2.54 bits per heavy atom. The molecule has 28 heavy (non-hydrogen) atoms. The van der Waals surface area contributed by atoms with Gasteiger partial charge in [-0.25, -0.2) is 4.98 Å². The zero-order valence-corrected chi connectivity index (χ0v) is 17.1. The van der Waals surface area contributed by atoms with Crippen molar-refractivity contribution < 1.29 is 18.0 Å². The molecule has 2 heterocycles. The van der Waals surface area contributed by atoms with E-state index in [0.717, 1.165) is 31.5 Å². The molecule has 1 N–H and O–H groups in total. The summed E-state index contributed by atoms with van der Waals surface area (Å²) in [7, 11) is 0. The van der Waals surface area contributed by atoms with Crippen molar-refractivity contribution in [1.82, 2.24) is 15.2 Å². The number of unbranched alkanes of at least 4 members (excludes halogenated alkanes) is 2. The molecule has 1 aliphatic heterocycles. The molecule has 1 saturated heterocycles. The summed E-state index contributed by atoms with van der Waals surface area (Å²) in [6.07, 6.45) is 0.754. The third-order valence-corrected chi connectivity index (χ3v) is 5.11. The van der Waals surface area contributed by atoms with Crippen molar-refractivity contribution in [3.8, 4) is 0 Å². The van der Waals surface area contributed by atoms with Gasteiger partial charge in [0.25, 0.3) is 0 Å². The van der Waals surface area contributed by atoms with Crippen molar-refractivity contribution >= 4 is 23.3 Å². The first-order valence-electron chi connectivity index (χ1n) is 9.70. The zero-order valence-electron chi connectivity index (χ0n) is 16.4. The van der Waals surface area contributed by atoms with Crippen LogP contribution < -0.4 is 10.2 Å². The van der Waals surface area contributed by atoms with Crippen LogP contribution in [0.4, 0.5) is 19.0 Å². The van der Waals surface area contributed by atoms with Crippen LogP contribution in [0.3, 0.4) is 0 Å². The number of carbonyl (C=O) groups excluding carboxylic acids is 1. The van der Waals surface area contributed by atoms with Gasteiger partial charge in [-0.1, -0.05) is 37.8 Å². The van der Waals surface area contributed by atoms with Crippen molar-refractivity contribution in [3.63, 3.8) is 0 Å². The van der Waals surface area contributed by atoms with Gasteiger partial charge < -0.3 is 10.2 Å². The lowest BCUT2D eigenvalue weighted by Crippen LogP contribution is -2.50. The SMILES string of the molecule is CCCCC[C@@H](C)NC(=O)CN1CCN(c2ncc(C(F)(F)F)cc2Cl)CC1. The molecule has 1 aliphatic rings. The first-order valence-corrected chi connectivity index (χ1v) is 10.1. The fourth-order valence-corrected chi connectivity index (χ4v) is 3.52. The van der Waals surface area contributed by atoms with E-state index < -0.39 is 11.7 Å². The summed E-state index contributed by atoms with van der Waals surface area (Å²) in [4.78, 5) is 20.0. The highest BCUT2D eigenvalue weighted by Crippen LogP contribution is 2.33. The third-order valence-electron chi connectivity index (χ3n) is 4.84. The van der Waals surface area contributed by atoms with Crippen LogP contribution in [0.2, 0.25) is 5.02 Å². The van der Waals surface area contributed by atoms with Crippen LogP contribution >= 0.6 is 11.6 Å². The highest BCUT2D eigenvalue weighted by molar-refractivity contribution is 6.33. The number of piperazine rings is 1. The number of carbonyl (C=O) groups is 1. The second kappa shape index (κ2) is 10.3. The lowest BCUT2D eigenvalue weighted by molar-refractivity contribution is -0.137. The van der Waals surface area contributed by atoms with Gasteiger partial charge in [0.1, 0.15) is 5.82 Å². The van der Waals surface area contributed by atoms with Gasteiger partial charge in [0.2, 0.25) is 5.91 Å². The number of alkyl halides is 3. The average Bonchev–Trinajstić information content (AvgIpc) is 2.62. The highest BCUT2D eigenvalue weighted by Gasteiger charge is 2.32. The van der Waals surface area contributed by atoms with Crippen molar-refractivity contribution in [2.24, 2.45) is 0 Å². The molecule has 0 saturated carbocycles. The van der Waals surface area contributed by atoms with Gasteiger partial charge in [-0.3, -0.25) is 9.69 Å². The topological polar surface area (TPSA) is 48.5 Å². The van der Waals surface area contributed by atoms with E-state index in [1.54, 1.807) is 0 Å². The van der Waals surface area contributed by atoms with Crippen LogP contribution in [0.5, 0.6) is 0 Å². The van der Waals surface area contributed by atoms with Crippen molar-refractivity contribution in [3.05, 3.63) is 22.8 Å². The lowest BCUT2D eigenvalue weighted by atomic mass is 10.1. The fourth-order valence-electron chi connectivity index (χ4n) is 3.23. The molecule has 9 heteroatoms. The molecule has 1 atom stereocenters. The van der Waals surface area contributed by atoms with E-state index >= 15 is 0 Å². The van der Waals surface area contributed by atoms with E-state index in [1.807, 2.05) is 16.7 Å².